The van der Waals surface area contributed by atoms with Crippen molar-refractivity contribution < 1.29 is 9.47 Å². The molecule has 2 aliphatic heterocycles. The Balaban J connectivity index is 1.68. The van der Waals surface area contributed by atoms with Crippen LogP contribution in [0.25, 0.3) is 0 Å². The second kappa shape index (κ2) is 5.10. The lowest BCUT2D eigenvalue weighted by molar-refractivity contribution is 0.000842. The van der Waals surface area contributed by atoms with Crippen molar-refractivity contribution in [3.05, 3.63) is 0 Å². The Bertz CT molecular complexity index is 161. The smallest absolute Gasteiger partial charge is 0.0672 e. The summed E-state index contributed by atoms with van der Waals surface area (Å²) in [6.07, 6.45) is 4.11. The van der Waals surface area contributed by atoms with E-state index < -0.39 is 0 Å². The van der Waals surface area contributed by atoms with Crippen molar-refractivity contribution in [2.75, 3.05) is 26.4 Å². The molecule has 0 spiro atoms. The molecule has 2 heterocycles. The first-order valence-electron chi connectivity index (χ1n) is 5.77. The summed E-state index contributed by atoms with van der Waals surface area (Å²) in [5.41, 5.74) is 0. The van der Waals surface area contributed by atoms with Crippen LogP contribution in [0.2, 0.25) is 0 Å². The molecule has 0 aromatic heterocycles. The van der Waals surface area contributed by atoms with E-state index in [1.807, 2.05) is 0 Å². The van der Waals surface area contributed by atoms with Gasteiger partial charge in [-0.2, -0.15) is 0 Å². The van der Waals surface area contributed by atoms with Gasteiger partial charge in [-0.15, -0.1) is 0 Å². The lowest BCUT2D eigenvalue weighted by Gasteiger charge is -2.32. The van der Waals surface area contributed by atoms with Crippen LogP contribution >= 0.6 is 0 Å². The Kier molecular flexibility index (Phi) is 3.79. The zero-order chi connectivity index (χ0) is 9.80. The third-order valence-corrected chi connectivity index (χ3v) is 3.23. The molecule has 2 aliphatic rings. The molecule has 2 unspecified atom stereocenters. The summed E-state index contributed by atoms with van der Waals surface area (Å²) in [6, 6.07) is 0.578. The Morgan fingerprint density at radius 1 is 1.29 bits per heavy atom. The molecule has 2 fully saturated rings. The maximum absolute atomic E-state index is 5.64. The third kappa shape index (κ3) is 2.94. The van der Waals surface area contributed by atoms with Crippen molar-refractivity contribution >= 4 is 0 Å². The second-order valence-electron chi connectivity index (χ2n) is 4.54. The topological polar surface area (TPSA) is 30.5 Å². The van der Waals surface area contributed by atoms with E-state index in [0.717, 1.165) is 32.3 Å². The van der Waals surface area contributed by atoms with Crippen LogP contribution in [0.3, 0.4) is 0 Å². The van der Waals surface area contributed by atoms with Gasteiger partial charge in [0.1, 0.15) is 0 Å². The van der Waals surface area contributed by atoms with Crippen LogP contribution in [0.15, 0.2) is 0 Å². The summed E-state index contributed by atoms with van der Waals surface area (Å²) in [5, 5.41) is 3.55. The molecule has 3 heteroatoms. The summed E-state index contributed by atoms with van der Waals surface area (Å²) in [4.78, 5) is 0. The van der Waals surface area contributed by atoms with Gasteiger partial charge in [0, 0.05) is 25.8 Å². The zero-order valence-electron chi connectivity index (χ0n) is 9.00. The molecule has 0 aromatic rings. The molecule has 0 radical (unpaired) electrons. The van der Waals surface area contributed by atoms with E-state index in [0.29, 0.717) is 12.1 Å². The molecule has 14 heavy (non-hydrogen) atoms. The van der Waals surface area contributed by atoms with Gasteiger partial charge in [-0.1, -0.05) is 0 Å². The van der Waals surface area contributed by atoms with E-state index in [9.17, 15) is 0 Å². The van der Waals surface area contributed by atoms with Gasteiger partial charge in [-0.3, -0.25) is 0 Å². The molecule has 2 rings (SSSR count). The normalized spacial score (nSPS) is 35.8. The van der Waals surface area contributed by atoms with Crippen LogP contribution in [0.5, 0.6) is 0 Å². The summed E-state index contributed by atoms with van der Waals surface area (Å²) in [6.45, 7) is 5.92. The standard InChI is InChI=1S/C11H21NO2/c1-9-7-12-11(8-14-9)6-10-2-4-13-5-3-10/h9-12H,2-8H2,1H3. The highest BCUT2D eigenvalue weighted by atomic mass is 16.5. The lowest BCUT2D eigenvalue weighted by atomic mass is 9.92. The molecule has 0 amide bonds. The first kappa shape index (κ1) is 10.4. The Hall–Kier alpha value is -0.120. The molecule has 3 nitrogen and oxygen atoms in total. The monoisotopic (exact) mass is 199 g/mol. The van der Waals surface area contributed by atoms with Gasteiger partial charge < -0.3 is 14.8 Å². The third-order valence-electron chi connectivity index (χ3n) is 3.23. The highest BCUT2D eigenvalue weighted by Gasteiger charge is 2.22. The molecule has 0 bridgehead atoms. The molecule has 0 aromatic carbocycles. The van der Waals surface area contributed by atoms with E-state index in [4.69, 9.17) is 9.47 Å². The first-order valence-corrected chi connectivity index (χ1v) is 5.77. The summed E-state index contributed by atoms with van der Waals surface area (Å²) >= 11 is 0. The van der Waals surface area contributed by atoms with Crippen molar-refractivity contribution in [1.82, 2.24) is 5.32 Å². The average Bonchev–Trinajstić information content (AvgIpc) is 2.23. The van der Waals surface area contributed by atoms with Crippen LogP contribution in [0, 0.1) is 5.92 Å². The zero-order valence-corrected chi connectivity index (χ0v) is 9.00. The van der Waals surface area contributed by atoms with Gasteiger partial charge in [0.15, 0.2) is 0 Å². The van der Waals surface area contributed by atoms with Crippen molar-refractivity contribution in [3.8, 4) is 0 Å². The summed E-state index contributed by atoms with van der Waals surface area (Å²) < 4.78 is 11.0. The molecular weight excluding hydrogens is 178 g/mol. The van der Waals surface area contributed by atoms with Crippen LogP contribution < -0.4 is 5.32 Å². The Morgan fingerprint density at radius 3 is 2.71 bits per heavy atom. The molecule has 2 saturated heterocycles. The largest absolute Gasteiger partial charge is 0.381 e. The Morgan fingerprint density at radius 2 is 2.07 bits per heavy atom. The van der Waals surface area contributed by atoms with E-state index in [-0.39, 0.29) is 0 Å². The molecule has 0 aliphatic carbocycles. The molecule has 2 atom stereocenters. The minimum atomic E-state index is 0.390. The minimum absolute atomic E-state index is 0.390. The Labute approximate surface area is 86.2 Å². The molecule has 82 valence electrons. The van der Waals surface area contributed by atoms with E-state index in [1.165, 1.54) is 19.3 Å². The number of ether oxygens (including phenoxy) is 2. The fraction of sp³-hybridized carbons (Fsp3) is 1.00. The highest BCUT2D eigenvalue weighted by molar-refractivity contribution is 4.78. The maximum atomic E-state index is 5.64. The number of nitrogens with one attached hydrogen (secondary N) is 1. The minimum Gasteiger partial charge on any atom is -0.381 e. The maximum Gasteiger partial charge on any atom is 0.0672 e. The van der Waals surface area contributed by atoms with Gasteiger partial charge in [0.25, 0.3) is 0 Å². The van der Waals surface area contributed by atoms with Crippen molar-refractivity contribution in [2.24, 2.45) is 5.92 Å². The van der Waals surface area contributed by atoms with Gasteiger partial charge in [0.2, 0.25) is 0 Å². The fourth-order valence-electron chi connectivity index (χ4n) is 2.27. The van der Waals surface area contributed by atoms with Crippen molar-refractivity contribution in [1.29, 1.82) is 0 Å². The van der Waals surface area contributed by atoms with Crippen molar-refractivity contribution in [2.45, 2.75) is 38.3 Å². The van der Waals surface area contributed by atoms with Gasteiger partial charge in [-0.25, -0.2) is 0 Å². The summed E-state index contributed by atoms with van der Waals surface area (Å²) in [7, 11) is 0. The van der Waals surface area contributed by atoms with Crippen LogP contribution in [0.4, 0.5) is 0 Å². The van der Waals surface area contributed by atoms with E-state index >= 15 is 0 Å². The SMILES string of the molecule is CC1CNC(CC2CCOCC2)CO1. The average molecular weight is 199 g/mol. The predicted molar refractivity (Wildman–Crippen MR) is 55.4 cm³/mol. The van der Waals surface area contributed by atoms with Crippen LogP contribution in [0.1, 0.15) is 26.2 Å². The van der Waals surface area contributed by atoms with Crippen LogP contribution in [-0.4, -0.2) is 38.5 Å². The quantitative estimate of drug-likeness (QED) is 0.724. The predicted octanol–water partition coefficient (Wildman–Crippen LogP) is 1.18. The number of hydrogen-bond donors (Lipinski definition) is 1. The molecular formula is C11H21NO2. The molecule has 0 saturated carbocycles. The number of rotatable bonds is 2. The van der Waals surface area contributed by atoms with Crippen LogP contribution in [-0.2, 0) is 9.47 Å². The van der Waals surface area contributed by atoms with Gasteiger partial charge in [-0.05, 0) is 32.1 Å². The fourth-order valence-corrected chi connectivity index (χ4v) is 2.27. The second-order valence-corrected chi connectivity index (χ2v) is 4.54. The van der Waals surface area contributed by atoms with E-state index in [2.05, 4.69) is 12.2 Å². The summed E-state index contributed by atoms with van der Waals surface area (Å²) in [5.74, 6) is 0.846. The lowest BCUT2D eigenvalue weighted by Crippen LogP contribution is -2.46. The number of hydrogen-bond acceptors (Lipinski definition) is 3. The number of morpholine rings is 1. The van der Waals surface area contributed by atoms with Gasteiger partial charge >= 0.3 is 0 Å². The molecule has 1 N–H and O–H groups in total. The first-order chi connectivity index (χ1) is 6.84. The van der Waals surface area contributed by atoms with Gasteiger partial charge in [0.05, 0.1) is 12.7 Å². The van der Waals surface area contributed by atoms with E-state index in [1.54, 1.807) is 0 Å². The highest BCUT2D eigenvalue weighted by Crippen LogP contribution is 2.21. The van der Waals surface area contributed by atoms with Crippen molar-refractivity contribution in [3.63, 3.8) is 0 Å².